The van der Waals surface area contributed by atoms with Gasteiger partial charge in [0.2, 0.25) is 5.91 Å². The number of nitrogen functional groups attached to an aromatic ring is 1. The molecular weight excluding hydrogens is 287 g/mol. The molecule has 116 valence electrons. The van der Waals surface area contributed by atoms with Crippen LogP contribution in [0.4, 0.5) is 15.8 Å². The van der Waals surface area contributed by atoms with Crippen LogP contribution in [0.1, 0.15) is 39.5 Å². The van der Waals surface area contributed by atoms with E-state index in [4.69, 9.17) is 5.73 Å². The summed E-state index contributed by atoms with van der Waals surface area (Å²) in [5, 5.41) is 3.25. The van der Waals surface area contributed by atoms with Crippen LogP contribution in [0.3, 0.4) is 0 Å². The Labute approximate surface area is 129 Å². The van der Waals surface area contributed by atoms with E-state index in [2.05, 4.69) is 12.2 Å². The molecule has 21 heavy (non-hydrogen) atoms. The standard InChI is InChI=1S/C16H23FN2OS/c1-10-4-3-5-13(8-10)21-11(2)16(20)19-12-6-7-14(17)15(18)9-12/h6-7,9-11,13H,3-5,8,18H2,1-2H3,(H,19,20). The van der Waals surface area contributed by atoms with Crippen molar-refractivity contribution in [3.63, 3.8) is 0 Å². The molecule has 1 aliphatic carbocycles. The molecule has 0 aliphatic heterocycles. The number of amides is 1. The Balaban J connectivity index is 1.88. The number of nitrogens with one attached hydrogen (secondary N) is 1. The number of hydrogen-bond acceptors (Lipinski definition) is 3. The van der Waals surface area contributed by atoms with Crippen molar-refractivity contribution in [2.24, 2.45) is 5.92 Å². The zero-order chi connectivity index (χ0) is 15.4. The minimum absolute atomic E-state index is 0.0502. The average Bonchev–Trinajstić information content (AvgIpc) is 2.43. The maximum Gasteiger partial charge on any atom is 0.237 e. The van der Waals surface area contributed by atoms with Gasteiger partial charge >= 0.3 is 0 Å². The summed E-state index contributed by atoms with van der Waals surface area (Å²) >= 11 is 1.74. The van der Waals surface area contributed by atoms with Crippen molar-refractivity contribution in [1.82, 2.24) is 0 Å². The number of carbonyl (C=O) groups is 1. The number of halogens is 1. The van der Waals surface area contributed by atoms with Gasteiger partial charge in [-0.05, 0) is 43.9 Å². The summed E-state index contributed by atoms with van der Waals surface area (Å²) in [5.74, 6) is 0.235. The van der Waals surface area contributed by atoms with E-state index in [0.717, 1.165) is 5.92 Å². The molecule has 3 atom stereocenters. The number of nitrogens with two attached hydrogens (primary N) is 1. The molecule has 1 aromatic rings. The van der Waals surface area contributed by atoms with E-state index in [1.165, 1.54) is 43.9 Å². The summed E-state index contributed by atoms with van der Waals surface area (Å²) in [7, 11) is 0. The number of benzene rings is 1. The molecule has 3 nitrogen and oxygen atoms in total. The van der Waals surface area contributed by atoms with Gasteiger partial charge in [-0.2, -0.15) is 0 Å². The molecule has 0 bridgehead atoms. The van der Waals surface area contributed by atoms with Crippen molar-refractivity contribution in [3.8, 4) is 0 Å². The lowest BCUT2D eigenvalue weighted by molar-refractivity contribution is -0.115. The molecule has 1 saturated carbocycles. The predicted octanol–water partition coefficient (Wildman–Crippen LogP) is 4.05. The zero-order valence-corrected chi connectivity index (χ0v) is 13.4. The Kier molecular flexibility index (Phi) is 5.51. The monoisotopic (exact) mass is 310 g/mol. The Hall–Kier alpha value is -1.23. The summed E-state index contributed by atoms with van der Waals surface area (Å²) < 4.78 is 13.1. The van der Waals surface area contributed by atoms with E-state index in [1.807, 2.05) is 6.92 Å². The van der Waals surface area contributed by atoms with Gasteiger partial charge in [0, 0.05) is 10.9 Å². The van der Waals surface area contributed by atoms with Crippen molar-refractivity contribution in [1.29, 1.82) is 0 Å². The Morgan fingerprint density at radius 1 is 1.48 bits per heavy atom. The van der Waals surface area contributed by atoms with E-state index in [9.17, 15) is 9.18 Å². The van der Waals surface area contributed by atoms with Gasteiger partial charge in [0.05, 0.1) is 10.9 Å². The van der Waals surface area contributed by atoms with Gasteiger partial charge in [-0.1, -0.05) is 19.8 Å². The molecule has 0 aromatic heterocycles. The molecule has 1 fully saturated rings. The normalized spacial score (nSPS) is 23.6. The van der Waals surface area contributed by atoms with Gasteiger partial charge in [-0.15, -0.1) is 11.8 Å². The molecule has 0 saturated heterocycles. The van der Waals surface area contributed by atoms with Crippen LogP contribution in [0, 0.1) is 11.7 Å². The van der Waals surface area contributed by atoms with Gasteiger partial charge < -0.3 is 11.1 Å². The van der Waals surface area contributed by atoms with Gasteiger partial charge in [0.15, 0.2) is 0 Å². The maximum atomic E-state index is 13.1. The molecule has 3 unspecified atom stereocenters. The number of carbonyl (C=O) groups excluding carboxylic acids is 1. The average molecular weight is 310 g/mol. The van der Waals surface area contributed by atoms with Crippen LogP contribution in [0.25, 0.3) is 0 Å². The highest BCUT2D eigenvalue weighted by atomic mass is 32.2. The first-order chi connectivity index (χ1) is 9.95. The molecule has 1 amide bonds. The highest BCUT2D eigenvalue weighted by Gasteiger charge is 2.24. The third-order valence-corrected chi connectivity index (χ3v) is 5.35. The van der Waals surface area contributed by atoms with Crippen molar-refractivity contribution in [2.75, 3.05) is 11.1 Å². The molecule has 0 heterocycles. The highest BCUT2D eigenvalue weighted by molar-refractivity contribution is 8.01. The topological polar surface area (TPSA) is 55.1 Å². The first kappa shape index (κ1) is 16.1. The molecular formula is C16H23FN2OS. The van der Waals surface area contributed by atoms with Crippen molar-refractivity contribution in [3.05, 3.63) is 24.0 Å². The van der Waals surface area contributed by atoms with Gasteiger partial charge in [0.25, 0.3) is 0 Å². The minimum atomic E-state index is -0.466. The molecule has 0 radical (unpaired) electrons. The number of thioether (sulfide) groups is 1. The van der Waals surface area contributed by atoms with Crippen LogP contribution in [0.2, 0.25) is 0 Å². The fraction of sp³-hybridized carbons (Fsp3) is 0.562. The third-order valence-electron chi connectivity index (χ3n) is 3.92. The Morgan fingerprint density at radius 3 is 2.90 bits per heavy atom. The molecule has 0 spiro atoms. The van der Waals surface area contributed by atoms with Crippen LogP contribution in [-0.4, -0.2) is 16.4 Å². The van der Waals surface area contributed by atoms with E-state index < -0.39 is 5.82 Å². The number of hydrogen-bond donors (Lipinski definition) is 2. The van der Waals surface area contributed by atoms with Crippen LogP contribution in [-0.2, 0) is 4.79 Å². The lowest BCUT2D eigenvalue weighted by Crippen LogP contribution is -2.26. The van der Waals surface area contributed by atoms with Crippen LogP contribution >= 0.6 is 11.8 Å². The van der Waals surface area contributed by atoms with Gasteiger partial charge in [-0.25, -0.2) is 4.39 Å². The predicted molar refractivity (Wildman–Crippen MR) is 87.9 cm³/mol. The molecule has 3 N–H and O–H groups in total. The fourth-order valence-corrected chi connectivity index (χ4v) is 4.22. The fourth-order valence-electron chi connectivity index (χ4n) is 2.72. The summed E-state index contributed by atoms with van der Waals surface area (Å²) in [4.78, 5) is 12.2. The second-order valence-electron chi connectivity index (χ2n) is 5.90. The largest absolute Gasteiger partial charge is 0.396 e. The summed E-state index contributed by atoms with van der Waals surface area (Å²) in [6.45, 7) is 4.20. The summed E-state index contributed by atoms with van der Waals surface area (Å²) in [5.41, 5.74) is 6.10. The number of anilines is 2. The van der Waals surface area contributed by atoms with Crippen LogP contribution in [0.15, 0.2) is 18.2 Å². The van der Waals surface area contributed by atoms with Gasteiger partial charge in [0.1, 0.15) is 5.82 Å². The first-order valence-corrected chi connectivity index (χ1v) is 8.41. The van der Waals surface area contributed by atoms with E-state index >= 15 is 0 Å². The van der Waals surface area contributed by atoms with Crippen LogP contribution in [0.5, 0.6) is 0 Å². The van der Waals surface area contributed by atoms with Crippen molar-refractivity contribution < 1.29 is 9.18 Å². The SMILES string of the molecule is CC1CCCC(SC(C)C(=O)Nc2ccc(F)c(N)c2)C1. The smallest absolute Gasteiger partial charge is 0.237 e. The molecule has 5 heteroatoms. The third kappa shape index (κ3) is 4.63. The van der Waals surface area contributed by atoms with E-state index in [1.54, 1.807) is 11.8 Å². The molecule has 2 rings (SSSR count). The molecule has 1 aliphatic rings. The molecule has 1 aromatic carbocycles. The van der Waals surface area contributed by atoms with E-state index in [-0.39, 0.29) is 16.8 Å². The maximum absolute atomic E-state index is 13.1. The van der Waals surface area contributed by atoms with Crippen molar-refractivity contribution >= 4 is 29.0 Å². The number of rotatable bonds is 4. The van der Waals surface area contributed by atoms with Crippen molar-refractivity contribution in [2.45, 2.75) is 50.0 Å². The zero-order valence-electron chi connectivity index (χ0n) is 12.6. The summed E-state index contributed by atoms with van der Waals surface area (Å²) in [6, 6.07) is 4.25. The lowest BCUT2D eigenvalue weighted by Gasteiger charge is -2.28. The first-order valence-electron chi connectivity index (χ1n) is 7.47. The Bertz CT molecular complexity index is 509. The second kappa shape index (κ2) is 7.16. The minimum Gasteiger partial charge on any atom is -0.396 e. The van der Waals surface area contributed by atoms with E-state index in [0.29, 0.717) is 10.9 Å². The quantitative estimate of drug-likeness (QED) is 0.825. The Morgan fingerprint density at radius 2 is 2.24 bits per heavy atom. The second-order valence-corrected chi connectivity index (χ2v) is 7.54. The highest BCUT2D eigenvalue weighted by Crippen LogP contribution is 2.34. The van der Waals surface area contributed by atoms with Gasteiger partial charge in [-0.3, -0.25) is 4.79 Å². The summed E-state index contributed by atoms with van der Waals surface area (Å²) in [6.07, 6.45) is 4.93. The van der Waals surface area contributed by atoms with Crippen LogP contribution < -0.4 is 11.1 Å². The lowest BCUT2D eigenvalue weighted by atomic mass is 9.91.